The molecule has 0 spiro atoms. The number of thioether (sulfide) groups is 1. The Morgan fingerprint density at radius 3 is 2.65 bits per heavy atom. The number of rotatable bonds is 5. The molecule has 1 aliphatic heterocycles. The number of aryl methyl sites for hydroxylation is 1. The summed E-state index contributed by atoms with van der Waals surface area (Å²) in [5.41, 5.74) is 2.70. The predicted molar refractivity (Wildman–Crippen MR) is 85.3 cm³/mol. The third-order valence-corrected chi connectivity index (χ3v) is 5.22. The lowest BCUT2D eigenvalue weighted by atomic mass is 9.92. The Morgan fingerprint density at radius 1 is 1.05 bits per heavy atom. The molecule has 2 unspecified atom stereocenters. The van der Waals surface area contributed by atoms with Crippen molar-refractivity contribution in [1.29, 1.82) is 0 Å². The first-order valence-corrected chi connectivity index (χ1v) is 8.27. The molecule has 2 aromatic carbocycles. The zero-order valence-corrected chi connectivity index (χ0v) is 12.4. The lowest BCUT2D eigenvalue weighted by molar-refractivity contribution is 0.139. The summed E-state index contributed by atoms with van der Waals surface area (Å²) in [6, 6.07) is 19.0. The van der Waals surface area contributed by atoms with E-state index in [9.17, 15) is 5.11 Å². The summed E-state index contributed by atoms with van der Waals surface area (Å²) in [4.78, 5) is 1.35. The van der Waals surface area contributed by atoms with E-state index in [1.807, 2.05) is 17.8 Å². The van der Waals surface area contributed by atoms with Gasteiger partial charge in [0.1, 0.15) is 0 Å². The molecule has 0 fully saturated rings. The van der Waals surface area contributed by atoms with Crippen LogP contribution in [0.2, 0.25) is 0 Å². The fraction of sp³-hybridized carbons (Fsp3) is 0.333. The quantitative estimate of drug-likeness (QED) is 0.885. The van der Waals surface area contributed by atoms with E-state index in [0.29, 0.717) is 5.92 Å². The first kappa shape index (κ1) is 13.7. The van der Waals surface area contributed by atoms with Crippen molar-refractivity contribution in [1.82, 2.24) is 0 Å². The highest BCUT2D eigenvalue weighted by atomic mass is 32.2. The maximum absolute atomic E-state index is 10.5. The van der Waals surface area contributed by atoms with Crippen LogP contribution in [0.25, 0.3) is 0 Å². The molecule has 1 aliphatic rings. The van der Waals surface area contributed by atoms with Crippen molar-refractivity contribution in [2.75, 3.05) is 5.75 Å². The van der Waals surface area contributed by atoms with Gasteiger partial charge in [0.05, 0.1) is 6.10 Å². The van der Waals surface area contributed by atoms with Crippen LogP contribution in [-0.4, -0.2) is 17.0 Å². The van der Waals surface area contributed by atoms with Crippen molar-refractivity contribution in [3.63, 3.8) is 0 Å². The molecular formula is C18H20OS. The fourth-order valence-electron chi connectivity index (χ4n) is 2.87. The Hall–Kier alpha value is -1.25. The highest BCUT2D eigenvalue weighted by Gasteiger charge is 2.28. The van der Waals surface area contributed by atoms with Crippen molar-refractivity contribution in [2.45, 2.75) is 36.2 Å². The van der Waals surface area contributed by atoms with Crippen molar-refractivity contribution in [3.05, 3.63) is 65.7 Å². The summed E-state index contributed by atoms with van der Waals surface area (Å²) in [7, 11) is 0. The van der Waals surface area contributed by atoms with Gasteiger partial charge in [0, 0.05) is 16.6 Å². The minimum absolute atomic E-state index is 0.213. The summed E-state index contributed by atoms with van der Waals surface area (Å²) in [6.07, 6.45) is 2.78. The Kier molecular flexibility index (Phi) is 4.44. The fourth-order valence-corrected chi connectivity index (χ4v) is 4.19. The minimum atomic E-state index is -0.213. The first-order valence-electron chi connectivity index (χ1n) is 7.28. The van der Waals surface area contributed by atoms with Gasteiger partial charge in [-0.05, 0) is 36.5 Å². The molecule has 1 nitrogen and oxygen atoms in total. The van der Waals surface area contributed by atoms with Crippen LogP contribution >= 0.6 is 11.8 Å². The molecule has 2 atom stereocenters. The van der Waals surface area contributed by atoms with Crippen LogP contribution in [0.15, 0.2) is 59.5 Å². The SMILES string of the molecule is OC(CCCc1ccccc1)C1CSc2ccccc21. The standard InChI is InChI=1S/C18H20OS/c19-17(11-6-9-14-7-2-1-3-8-14)16-13-20-18-12-5-4-10-15(16)18/h1-5,7-8,10,12,16-17,19H,6,9,11,13H2. The lowest BCUT2D eigenvalue weighted by Gasteiger charge is -2.18. The smallest absolute Gasteiger partial charge is 0.0617 e. The van der Waals surface area contributed by atoms with Gasteiger partial charge in [0.25, 0.3) is 0 Å². The van der Waals surface area contributed by atoms with Crippen LogP contribution in [0.3, 0.4) is 0 Å². The molecule has 1 N–H and O–H groups in total. The average molecular weight is 284 g/mol. The Balaban J connectivity index is 1.54. The van der Waals surface area contributed by atoms with Gasteiger partial charge in [-0.1, -0.05) is 48.5 Å². The molecule has 0 aromatic heterocycles. The largest absolute Gasteiger partial charge is 0.392 e. The maximum atomic E-state index is 10.5. The van der Waals surface area contributed by atoms with Gasteiger partial charge < -0.3 is 5.11 Å². The molecule has 0 bridgehead atoms. The Labute approximate surface area is 125 Å². The summed E-state index contributed by atoms with van der Waals surface area (Å²) < 4.78 is 0. The van der Waals surface area contributed by atoms with Gasteiger partial charge in [0.2, 0.25) is 0 Å². The van der Waals surface area contributed by atoms with E-state index in [1.54, 1.807) is 0 Å². The molecule has 104 valence electrons. The molecule has 20 heavy (non-hydrogen) atoms. The summed E-state index contributed by atoms with van der Waals surface area (Å²) in [5, 5.41) is 10.5. The first-order chi connectivity index (χ1) is 9.84. The number of fused-ring (bicyclic) bond motifs is 1. The summed E-state index contributed by atoms with van der Waals surface area (Å²) >= 11 is 1.87. The molecule has 0 saturated carbocycles. The zero-order chi connectivity index (χ0) is 13.8. The van der Waals surface area contributed by atoms with E-state index in [4.69, 9.17) is 0 Å². The highest BCUT2D eigenvalue weighted by Crippen LogP contribution is 2.41. The van der Waals surface area contributed by atoms with Crippen LogP contribution in [-0.2, 0) is 6.42 Å². The molecular weight excluding hydrogens is 264 g/mol. The summed E-state index contributed by atoms with van der Waals surface area (Å²) in [6.45, 7) is 0. The van der Waals surface area contributed by atoms with E-state index in [-0.39, 0.29) is 6.10 Å². The second kappa shape index (κ2) is 6.47. The van der Waals surface area contributed by atoms with Gasteiger partial charge in [-0.25, -0.2) is 0 Å². The van der Waals surface area contributed by atoms with Gasteiger partial charge in [-0.2, -0.15) is 0 Å². The van der Waals surface area contributed by atoms with Gasteiger partial charge in [-0.3, -0.25) is 0 Å². The van der Waals surface area contributed by atoms with Crippen molar-refractivity contribution < 1.29 is 5.11 Å². The number of aliphatic hydroxyl groups excluding tert-OH is 1. The average Bonchev–Trinajstić information content (AvgIpc) is 2.92. The molecule has 1 heterocycles. The van der Waals surface area contributed by atoms with E-state index in [0.717, 1.165) is 25.0 Å². The molecule has 0 aliphatic carbocycles. The van der Waals surface area contributed by atoms with Gasteiger partial charge in [-0.15, -0.1) is 11.8 Å². The van der Waals surface area contributed by atoms with Crippen LogP contribution < -0.4 is 0 Å². The van der Waals surface area contributed by atoms with Crippen LogP contribution in [0.1, 0.15) is 29.9 Å². The molecule has 0 amide bonds. The third kappa shape index (κ3) is 3.08. The second-order valence-corrected chi connectivity index (χ2v) is 6.46. The predicted octanol–water partition coefficient (Wildman–Crippen LogP) is 4.26. The topological polar surface area (TPSA) is 20.2 Å². The van der Waals surface area contributed by atoms with E-state index < -0.39 is 0 Å². The lowest BCUT2D eigenvalue weighted by Crippen LogP contribution is -2.18. The zero-order valence-electron chi connectivity index (χ0n) is 11.5. The minimum Gasteiger partial charge on any atom is -0.392 e. The monoisotopic (exact) mass is 284 g/mol. The maximum Gasteiger partial charge on any atom is 0.0617 e. The Morgan fingerprint density at radius 2 is 1.80 bits per heavy atom. The Bertz CT molecular complexity index is 552. The van der Waals surface area contributed by atoms with Crippen molar-refractivity contribution in [2.24, 2.45) is 0 Å². The van der Waals surface area contributed by atoms with Gasteiger partial charge in [0.15, 0.2) is 0 Å². The van der Waals surface area contributed by atoms with Crippen molar-refractivity contribution in [3.8, 4) is 0 Å². The molecule has 0 saturated heterocycles. The number of benzene rings is 2. The normalized spacial score (nSPS) is 18.8. The van der Waals surface area contributed by atoms with E-state index >= 15 is 0 Å². The van der Waals surface area contributed by atoms with E-state index in [1.165, 1.54) is 16.0 Å². The molecule has 0 radical (unpaired) electrons. The van der Waals surface area contributed by atoms with Crippen LogP contribution in [0.5, 0.6) is 0 Å². The van der Waals surface area contributed by atoms with Gasteiger partial charge >= 0.3 is 0 Å². The third-order valence-electron chi connectivity index (χ3n) is 4.01. The van der Waals surface area contributed by atoms with Crippen LogP contribution in [0.4, 0.5) is 0 Å². The summed E-state index contributed by atoms with van der Waals surface area (Å²) in [5.74, 6) is 1.33. The number of aliphatic hydroxyl groups is 1. The molecule has 2 aromatic rings. The second-order valence-electron chi connectivity index (χ2n) is 5.40. The van der Waals surface area contributed by atoms with Crippen molar-refractivity contribution >= 4 is 11.8 Å². The number of hydrogen-bond acceptors (Lipinski definition) is 2. The molecule has 3 rings (SSSR count). The highest BCUT2D eigenvalue weighted by molar-refractivity contribution is 7.99. The molecule has 2 heteroatoms. The van der Waals surface area contributed by atoms with E-state index in [2.05, 4.69) is 48.5 Å². The van der Waals surface area contributed by atoms with Crippen LogP contribution in [0, 0.1) is 0 Å². The number of hydrogen-bond donors (Lipinski definition) is 1.